The Morgan fingerprint density at radius 2 is 1.79 bits per heavy atom. The molecular formula is C11H11I2Zr. The fourth-order valence-corrected chi connectivity index (χ4v) is 1.42. The van der Waals surface area contributed by atoms with Crippen molar-refractivity contribution >= 4 is 10.8 Å². The molecule has 0 nitrogen and oxygen atoms in total. The second-order valence-electron chi connectivity index (χ2n) is 2.85. The van der Waals surface area contributed by atoms with Gasteiger partial charge in [0, 0.05) is 0 Å². The number of rotatable bonds is 1. The van der Waals surface area contributed by atoms with Crippen molar-refractivity contribution in [2.45, 2.75) is 13.3 Å². The van der Waals surface area contributed by atoms with E-state index in [-0.39, 0.29) is 74.2 Å². The van der Waals surface area contributed by atoms with Crippen LogP contribution in [-0.4, -0.2) is 0 Å². The Hall–Kier alpha value is 1.17. The van der Waals surface area contributed by atoms with Crippen molar-refractivity contribution in [3.8, 4) is 0 Å². The molecule has 0 unspecified atom stereocenters. The first-order chi connectivity index (χ1) is 5.40. The molecule has 0 spiro atoms. The summed E-state index contributed by atoms with van der Waals surface area (Å²) < 4.78 is 0. The summed E-state index contributed by atoms with van der Waals surface area (Å²) in [5.74, 6) is 0. The second-order valence-corrected chi connectivity index (χ2v) is 2.85. The Labute approximate surface area is 138 Å². The molecule has 0 heterocycles. The van der Waals surface area contributed by atoms with Gasteiger partial charge < -0.3 is 48.0 Å². The van der Waals surface area contributed by atoms with E-state index in [2.05, 4.69) is 43.3 Å². The molecule has 2 aromatic carbocycles. The van der Waals surface area contributed by atoms with E-state index in [1.165, 1.54) is 16.3 Å². The van der Waals surface area contributed by atoms with E-state index in [9.17, 15) is 0 Å². The van der Waals surface area contributed by atoms with Gasteiger partial charge in [0.05, 0.1) is 0 Å². The van der Waals surface area contributed by atoms with Crippen molar-refractivity contribution in [2.24, 2.45) is 0 Å². The summed E-state index contributed by atoms with van der Waals surface area (Å²) in [6, 6.07) is 13.0. The molecule has 3 heteroatoms. The molecular weight excluding hydrogens is 477 g/mol. The van der Waals surface area contributed by atoms with Crippen molar-refractivity contribution in [2.75, 3.05) is 0 Å². The van der Waals surface area contributed by atoms with Crippen LogP contribution in [0.4, 0.5) is 0 Å². The van der Waals surface area contributed by atoms with E-state index < -0.39 is 0 Å². The van der Waals surface area contributed by atoms with E-state index in [1.54, 1.807) is 0 Å². The van der Waals surface area contributed by atoms with Gasteiger partial charge in [-0.1, -0.05) is 13.0 Å². The van der Waals surface area contributed by atoms with Crippen molar-refractivity contribution in [3.05, 3.63) is 42.0 Å². The van der Waals surface area contributed by atoms with Crippen LogP contribution >= 0.6 is 0 Å². The number of benzene rings is 1. The van der Waals surface area contributed by atoms with Crippen LogP contribution in [-0.2, 0) is 32.6 Å². The molecule has 0 N–H and O–H groups in total. The predicted molar refractivity (Wildman–Crippen MR) is 48.9 cm³/mol. The van der Waals surface area contributed by atoms with Gasteiger partial charge in [0.2, 0.25) is 0 Å². The zero-order chi connectivity index (χ0) is 7.68. The van der Waals surface area contributed by atoms with E-state index in [1.807, 2.05) is 0 Å². The van der Waals surface area contributed by atoms with Gasteiger partial charge in [-0.2, -0.15) is 6.07 Å². The molecule has 0 aliphatic carbocycles. The summed E-state index contributed by atoms with van der Waals surface area (Å²) in [7, 11) is 0. The third-order valence-corrected chi connectivity index (χ3v) is 2.09. The van der Waals surface area contributed by atoms with Crippen LogP contribution in [0.2, 0.25) is 0 Å². The molecule has 0 aromatic heterocycles. The average Bonchev–Trinajstić information content (AvgIpc) is 2.46. The van der Waals surface area contributed by atoms with Crippen molar-refractivity contribution in [3.63, 3.8) is 0 Å². The summed E-state index contributed by atoms with van der Waals surface area (Å²) >= 11 is 0. The van der Waals surface area contributed by atoms with Crippen LogP contribution in [0.5, 0.6) is 0 Å². The summed E-state index contributed by atoms with van der Waals surface area (Å²) in [6.45, 7) is 2.19. The van der Waals surface area contributed by atoms with Gasteiger partial charge in [0.1, 0.15) is 0 Å². The van der Waals surface area contributed by atoms with E-state index in [4.69, 9.17) is 0 Å². The summed E-state index contributed by atoms with van der Waals surface area (Å²) in [5, 5.41) is 2.73. The number of hydrogen-bond donors (Lipinski definition) is 0. The van der Waals surface area contributed by atoms with Crippen LogP contribution in [0.25, 0.3) is 10.8 Å². The monoisotopic (exact) mass is 487 g/mol. The zero-order valence-corrected chi connectivity index (χ0v) is 14.7. The number of aryl methyl sites for hydroxylation is 1. The fraction of sp³-hybridized carbons (Fsp3) is 0.182. The minimum Gasteiger partial charge on any atom is -1.00 e. The Balaban J connectivity index is 0. The molecule has 0 saturated carbocycles. The maximum atomic E-state index is 2.26. The number of halogens is 2. The number of fused-ring (bicyclic) bond motifs is 1. The first-order valence-corrected chi connectivity index (χ1v) is 4.04. The molecule has 14 heavy (non-hydrogen) atoms. The quantitative estimate of drug-likeness (QED) is 0.299. The number of hydrogen-bond acceptors (Lipinski definition) is 0. The molecule has 0 amide bonds. The normalized spacial score (nSPS) is 8.36. The minimum absolute atomic E-state index is 0. The van der Waals surface area contributed by atoms with E-state index >= 15 is 0 Å². The Morgan fingerprint density at radius 1 is 1.14 bits per heavy atom. The van der Waals surface area contributed by atoms with Gasteiger partial charge in [-0.15, -0.1) is 40.6 Å². The standard InChI is InChI=1S/C11H11.2HI.Zr/c1-2-9-7-10-5-3-4-6-11(10)8-9;;;/h3-8H,2H2,1H3;2*1H;/q-1;;;+3/p-2. The summed E-state index contributed by atoms with van der Waals surface area (Å²) in [4.78, 5) is 0. The van der Waals surface area contributed by atoms with Gasteiger partial charge in [0.25, 0.3) is 0 Å². The minimum atomic E-state index is 0. The Morgan fingerprint density at radius 3 is 2.36 bits per heavy atom. The zero-order valence-electron chi connectivity index (χ0n) is 7.93. The third-order valence-electron chi connectivity index (χ3n) is 2.09. The van der Waals surface area contributed by atoms with Crippen LogP contribution < -0.4 is 48.0 Å². The molecule has 0 bridgehead atoms. The van der Waals surface area contributed by atoms with Crippen LogP contribution in [0.3, 0.4) is 0 Å². The Bertz CT molecular complexity index is 335. The molecule has 0 atom stereocenters. The second kappa shape index (κ2) is 8.34. The SMILES string of the molecule is CCc1cc2ccccc2[cH-]1.[I-].[I-].[Zr+3]. The van der Waals surface area contributed by atoms with Crippen molar-refractivity contribution < 1.29 is 74.2 Å². The molecule has 2 aromatic rings. The maximum absolute atomic E-state index is 2.26. The van der Waals surface area contributed by atoms with Gasteiger partial charge in [-0.25, -0.2) is 0 Å². The van der Waals surface area contributed by atoms with Crippen LogP contribution in [0, 0.1) is 0 Å². The van der Waals surface area contributed by atoms with Gasteiger partial charge in [-0.05, 0) is 6.42 Å². The Kier molecular flexibility index (Phi) is 10.5. The fourth-order valence-electron chi connectivity index (χ4n) is 1.42. The largest absolute Gasteiger partial charge is 3.00 e. The molecule has 73 valence electrons. The van der Waals surface area contributed by atoms with Gasteiger partial charge >= 0.3 is 26.2 Å². The average molecular weight is 488 g/mol. The predicted octanol–water partition coefficient (Wildman–Crippen LogP) is -2.87. The molecule has 0 saturated heterocycles. The first-order valence-electron chi connectivity index (χ1n) is 4.04. The molecule has 0 aliphatic heterocycles. The van der Waals surface area contributed by atoms with Crippen molar-refractivity contribution in [1.29, 1.82) is 0 Å². The van der Waals surface area contributed by atoms with Crippen molar-refractivity contribution in [1.82, 2.24) is 0 Å². The topological polar surface area (TPSA) is 0 Å². The summed E-state index contributed by atoms with van der Waals surface area (Å²) in [6.07, 6.45) is 1.13. The van der Waals surface area contributed by atoms with Crippen LogP contribution in [0.1, 0.15) is 12.5 Å². The molecule has 1 radical (unpaired) electrons. The van der Waals surface area contributed by atoms with E-state index in [0.29, 0.717) is 0 Å². The summed E-state index contributed by atoms with van der Waals surface area (Å²) in [5.41, 5.74) is 1.44. The molecule has 0 fully saturated rings. The van der Waals surface area contributed by atoms with Gasteiger partial charge in [-0.3, -0.25) is 0 Å². The first kappa shape index (κ1) is 17.6. The van der Waals surface area contributed by atoms with Gasteiger partial charge in [0.15, 0.2) is 0 Å². The maximum Gasteiger partial charge on any atom is 3.00 e. The van der Waals surface area contributed by atoms with E-state index in [0.717, 1.165) is 6.42 Å². The molecule has 2 rings (SSSR count). The molecule has 0 aliphatic rings. The van der Waals surface area contributed by atoms with Crippen LogP contribution in [0.15, 0.2) is 36.4 Å². The third kappa shape index (κ3) is 3.97. The smallest absolute Gasteiger partial charge is 1.00 e.